The fraction of sp³-hybridized carbons (Fsp3) is 0.611. The zero-order chi connectivity index (χ0) is 17.5. The second kappa shape index (κ2) is 8.89. The highest BCUT2D eigenvalue weighted by molar-refractivity contribution is 5.73. The van der Waals surface area contributed by atoms with E-state index >= 15 is 0 Å². The maximum absolute atomic E-state index is 12.0. The first kappa shape index (κ1) is 19.5. The number of urea groups is 1. The van der Waals surface area contributed by atoms with Crippen molar-refractivity contribution in [1.82, 2.24) is 15.5 Å². The molecule has 130 valence electrons. The van der Waals surface area contributed by atoms with Crippen molar-refractivity contribution < 1.29 is 9.90 Å². The lowest BCUT2D eigenvalue weighted by molar-refractivity contribution is 0.00788. The first-order valence-corrected chi connectivity index (χ1v) is 8.23. The average Bonchev–Trinajstić information content (AvgIpc) is 2.53. The third-order valence-corrected chi connectivity index (χ3v) is 4.54. The molecule has 0 aliphatic carbocycles. The fourth-order valence-electron chi connectivity index (χ4n) is 2.40. The van der Waals surface area contributed by atoms with Crippen molar-refractivity contribution >= 4 is 6.03 Å². The van der Waals surface area contributed by atoms with Gasteiger partial charge in [-0.15, -0.1) is 0 Å². The van der Waals surface area contributed by atoms with Gasteiger partial charge >= 0.3 is 6.03 Å². The molecule has 0 bridgehead atoms. The minimum absolute atomic E-state index is 0.108. The summed E-state index contributed by atoms with van der Waals surface area (Å²) >= 11 is 0. The molecule has 1 rings (SSSR count). The first-order valence-electron chi connectivity index (χ1n) is 8.23. The molecule has 3 N–H and O–H groups in total. The van der Waals surface area contributed by atoms with Gasteiger partial charge in [0, 0.05) is 13.1 Å². The van der Waals surface area contributed by atoms with E-state index in [0.29, 0.717) is 6.54 Å². The van der Waals surface area contributed by atoms with Gasteiger partial charge < -0.3 is 20.6 Å². The maximum atomic E-state index is 12.0. The predicted octanol–water partition coefficient (Wildman–Crippen LogP) is 2.39. The molecule has 3 unspecified atom stereocenters. The van der Waals surface area contributed by atoms with Crippen LogP contribution in [-0.4, -0.2) is 48.8 Å². The van der Waals surface area contributed by atoms with Crippen LogP contribution in [0.25, 0.3) is 0 Å². The Morgan fingerprint density at radius 1 is 1.26 bits per heavy atom. The molecule has 0 spiro atoms. The molecule has 0 radical (unpaired) electrons. The molecule has 5 heteroatoms. The molecule has 0 aliphatic rings. The van der Waals surface area contributed by atoms with Gasteiger partial charge in [0.05, 0.1) is 11.6 Å². The van der Waals surface area contributed by atoms with E-state index in [-0.39, 0.29) is 24.5 Å². The third kappa shape index (κ3) is 6.20. The summed E-state index contributed by atoms with van der Waals surface area (Å²) in [6.07, 6.45) is 0.868. The molecule has 2 amide bonds. The van der Waals surface area contributed by atoms with Crippen LogP contribution in [0.2, 0.25) is 0 Å². The van der Waals surface area contributed by atoms with E-state index in [1.165, 1.54) is 0 Å². The largest absolute Gasteiger partial charge is 0.388 e. The number of amides is 2. The molecule has 0 saturated carbocycles. The fourth-order valence-corrected chi connectivity index (χ4v) is 2.40. The van der Waals surface area contributed by atoms with Gasteiger partial charge in [0.2, 0.25) is 0 Å². The van der Waals surface area contributed by atoms with Crippen molar-refractivity contribution in [2.75, 3.05) is 27.2 Å². The monoisotopic (exact) mass is 321 g/mol. The zero-order valence-electron chi connectivity index (χ0n) is 15.0. The van der Waals surface area contributed by atoms with Gasteiger partial charge in [0.15, 0.2) is 0 Å². The Bertz CT molecular complexity index is 474. The molecular formula is C18H31N3O2. The van der Waals surface area contributed by atoms with Gasteiger partial charge in [-0.05, 0) is 32.5 Å². The molecule has 1 aromatic carbocycles. The smallest absolute Gasteiger partial charge is 0.314 e. The highest BCUT2D eigenvalue weighted by Crippen LogP contribution is 2.19. The van der Waals surface area contributed by atoms with E-state index in [0.717, 1.165) is 12.0 Å². The molecule has 0 fully saturated rings. The molecule has 0 aliphatic heterocycles. The minimum atomic E-state index is -0.896. The quantitative estimate of drug-likeness (QED) is 0.689. The van der Waals surface area contributed by atoms with Crippen LogP contribution in [0.5, 0.6) is 0 Å². The van der Waals surface area contributed by atoms with Crippen LogP contribution in [0.3, 0.4) is 0 Å². The van der Waals surface area contributed by atoms with E-state index in [4.69, 9.17) is 0 Å². The van der Waals surface area contributed by atoms with E-state index in [1.807, 2.05) is 46.1 Å². The Balaban J connectivity index is 2.51. The third-order valence-electron chi connectivity index (χ3n) is 4.54. The number of benzene rings is 1. The maximum Gasteiger partial charge on any atom is 0.314 e. The summed E-state index contributed by atoms with van der Waals surface area (Å²) in [5.41, 5.74) is 0.260. The summed E-state index contributed by atoms with van der Waals surface area (Å²) in [6.45, 7) is 6.52. The predicted molar refractivity (Wildman–Crippen MR) is 94.4 cm³/mol. The molecule has 3 atom stereocenters. The second-order valence-corrected chi connectivity index (χ2v) is 6.62. The van der Waals surface area contributed by atoms with Crippen LogP contribution in [0.15, 0.2) is 30.3 Å². The van der Waals surface area contributed by atoms with Crippen LogP contribution in [-0.2, 0) is 0 Å². The highest BCUT2D eigenvalue weighted by Gasteiger charge is 2.27. The van der Waals surface area contributed by atoms with Gasteiger partial charge in [0.1, 0.15) is 0 Å². The van der Waals surface area contributed by atoms with Crippen LogP contribution >= 0.6 is 0 Å². The second-order valence-electron chi connectivity index (χ2n) is 6.62. The Kier molecular flexibility index (Phi) is 7.52. The minimum Gasteiger partial charge on any atom is -0.388 e. The summed E-state index contributed by atoms with van der Waals surface area (Å²) in [6, 6.07) is 9.93. The van der Waals surface area contributed by atoms with E-state index in [2.05, 4.69) is 27.7 Å². The van der Waals surface area contributed by atoms with Crippen LogP contribution in [0.1, 0.15) is 38.8 Å². The summed E-state index contributed by atoms with van der Waals surface area (Å²) in [7, 11) is 3.98. The van der Waals surface area contributed by atoms with E-state index in [1.54, 1.807) is 6.92 Å². The molecule has 23 heavy (non-hydrogen) atoms. The van der Waals surface area contributed by atoms with Gasteiger partial charge in [-0.2, -0.15) is 0 Å². The SMILES string of the molecule is CCC(C)C(C)(O)CNC(=O)NCC(c1ccccc1)N(C)C. The summed E-state index contributed by atoms with van der Waals surface area (Å²) in [5, 5.41) is 16.0. The van der Waals surface area contributed by atoms with Crippen molar-refractivity contribution in [2.24, 2.45) is 5.92 Å². The van der Waals surface area contributed by atoms with Crippen molar-refractivity contribution in [3.8, 4) is 0 Å². The Hall–Kier alpha value is -1.59. The van der Waals surface area contributed by atoms with Gasteiger partial charge in [-0.3, -0.25) is 0 Å². The Morgan fingerprint density at radius 2 is 1.87 bits per heavy atom. The molecule has 0 heterocycles. The number of likely N-dealkylation sites (N-methyl/N-ethyl adjacent to an activating group) is 1. The standard InChI is InChI=1S/C18H31N3O2/c1-6-14(2)18(3,23)13-20-17(22)19-12-16(21(4)5)15-10-8-7-9-11-15/h7-11,14,16,23H,6,12-13H2,1-5H3,(H2,19,20,22). The number of nitrogens with zero attached hydrogens (tertiary/aromatic N) is 1. The normalized spacial score (nSPS) is 16.5. The number of hydrogen-bond donors (Lipinski definition) is 3. The topological polar surface area (TPSA) is 64.6 Å². The zero-order valence-corrected chi connectivity index (χ0v) is 15.0. The van der Waals surface area contributed by atoms with Crippen molar-refractivity contribution in [2.45, 2.75) is 38.8 Å². The number of rotatable bonds is 8. The van der Waals surface area contributed by atoms with Gasteiger partial charge in [0.25, 0.3) is 0 Å². The Morgan fingerprint density at radius 3 is 2.39 bits per heavy atom. The van der Waals surface area contributed by atoms with E-state index in [9.17, 15) is 9.90 Å². The molecular weight excluding hydrogens is 290 g/mol. The number of carbonyl (C=O) groups is 1. The van der Waals surface area contributed by atoms with Crippen molar-refractivity contribution in [1.29, 1.82) is 0 Å². The van der Waals surface area contributed by atoms with Gasteiger partial charge in [-0.25, -0.2) is 4.79 Å². The number of hydrogen-bond acceptors (Lipinski definition) is 3. The highest BCUT2D eigenvalue weighted by atomic mass is 16.3. The van der Waals surface area contributed by atoms with Crippen LogP contribution in [0, 0.1) is 5.92 Å². The lowest BCUT2D eigenvalue weighted by Crippen LogP contribution is -2.49. The average molecular weight is 321 g/mol. The van der Waals surface area contributed by atoms with Crippen molar-refractivity contribution in [3.05, 3.63) is 35.9 Å². The lowest BCUT2D eigenvalue weighted by atomic mass is 9.89. The summed E-state index contributed by atoms with van der Waals surface area (Å²) < 4.78 is 0. The van der Waals surface area contributed by atoms with Crippen LogP contribution < -0.4 is 10.6 Å². The molecule has 1 aromatic rings. The van der Waals surface area contributed by atoms with Gasteiger partial charge in [-0.1, -0.05) is 50.6 Å². The Labute approximate surface area is 140 Å². The summed E-state index contributed by atoms with van der Waals surface area (Å²) in [4.78, 5) is 14.1. The molecule has 5 nitrogen and oxygen atoms in total. The lowest BCUT2D eigenvalue weighted by Gasteiger charge is -2.30. The molecule has 0 aromatic heterocycles. The van der Waals surface area contributed by atoms with Crippen molar-refractivity contribution in [3.63, 3.8) is 0 Å². The summed E-state index contributed by atoms with van der Waals surface area (Å²) in [5.74, 6) is 0.127. The molecule has 0 saturated heterocycles. The number of carbonyl (C=O) groups excluding carboxylic acids is 1. The first-order chi connectivity index (χ1) is 10.8. The number of aliphatic hydroxyl groups is 1. The van der Waals surface area contributed by atoms with E-state index < -0.39 is 5.60 Å². The number of nitrogens with one attached hydrogen (secondary N) is 2. The van der Waals surface area contributed by atoms with Crippen LogP contribution in [0.4, 0.5) is 4.79 Å².